The van der Waals surface area contributed by atoms with Crippen molar-refractivity contribution >= 4 is 17.3 Å². The molecule has 0 radical (unpaired) electrons. The topological polar surface area (TPSA) is 67.8 Å². The number of aromatic nitrogens is 1. The number of methoxy groups -OCH3 is 1. The van der Waals surface area contributed by atoms with Crippen LogP contribution in [0.15, 0.2) is 35.5 Å². The van der Waals surface area contributed by atoms with Gasteiger partial charge in [-0.15, -0.1) is 11.3 Å². The molecule has 2 aromatic rings. The average Bonchev–Trinajstić information content (AvgIpc) is 3.14. The van der Waals surface area contributed by atoms with Gasteiger partial charge in [-0.05, 0) is 19.4 Å². The van der Waals surface area contributed by atoms with E-state index in [1.54, 1.807) is 18.4 Å². The van der Waals surface area contributed by atoms with Crippen LogP contribution in [0.3, 0.4) is 0 Å². The second-order valence-corrected chi connectivity index (χ2v) is 6.76. The number of thiazole rings is 1. The minimum atomic E-state index is 0.526. The molecule has 1 aromatic carbocycles. The number of nitrogens with zero attached hydrogens (tertiary/aromatic N) is 2. The normalized spacial score (nSPS) is 11.4. The van der Waals surface area contributed by atoms with Crippen LogP contribution in [0.25, 0.3) is 0 Å². The summed E-state index contributed by atoms with van der Waals surface area (Å²) in [7, 11) is 1.67. The molecule has 0 aliphatic carbocycles. The third-order valence-corrected chi connectivity index (χ3v) is 4.78. The summed E-state index contributed by atoms with van der Waals surface area (Å²) in [4.78, 5) is 10.3. The van der Waals surface area contributed by atoms with Crippen molar-refractivity contribution in [1.29, 1.82) is 0 Å². The molecule has 2 rings (SSSR count). The van der Waals surface area contributed by atoms with Gasteiger partial charge in [0.15, 0.2) is 5.96 Å². The van der Waals surface area contributed by atoms with Gasteiger partial charge in [-0.25, -0.2) is 9.98 Å². The fourth-order valence-corrected chi connectivity index (χ4v) is 3.11. The maximum Gasteiger partial charge on any atom is 0.191 e. The molecule has 142 valence electrons. The van der Waals surface area contributed by atoms with E-state index in [1.165, 1.54) is 4.88 Å². The van der Waals surface area contributed by atoms with Crippen LogP contribution in [0.5, 0.6) is 5.75 Å². The zero-order chi connectivity index (χ0) is 18.6. The Morgan fingerprint density at radius 2 is 2.08 bits per heavy atom. The van der Waals surface area contributed by atoms with Crippen molar-refractivity contribution in [3.05, 3.63) is 45.9 Å². The highest BCUT2D eigenvalue weighted by molar-refractivity contribution is 7.11. The highest BCUT2D eigenvalue weighted by atomic mass is 32.1. The van der Waals surface area contributed by atoms with Gasteiger partial charge in [-0.3, -0.25) is 0 Å². The lowest BCUT2D eigenvalue weighted by Crippen LogP contribution is -2.38. The zero-order valence-corrected chi connectivity index (χ0v) is 16.6. The molecule has 2 N–H and O–H groups in total. The van der Waals surface area contributed by atoms with Gasteiger partial charge >= 0.3 is 0 Å². The lowest BCUT2D eigenvalue weighted by atomic mass is 10.2. The van der Waals surface area contributed by atoms with E-state index in [4.69, 9.17) is 9.47 Å². The smallest absolute Gasteiger partial charge is 0.191 e. The van der Waals surface area contributed by atoms with Crippen LogP contribution >= 0.6 is 11.3 Å². The number of guanidine groups is 1. The summed E-state index contributed by atoms with van der Waals surface area (Å²) in [5.74, 6) is 1.63. The van der Waals surface area contributed by atoms with Gasteiger partial charge in [0.25, 0.3) is 0 Å². The van der Waals surface area contributed by atoms with E-state index in [-0.39, 0.29) is 0 Å². The molecule has 0 atom stereocenters. The number of rotatable bonds is 10. The van der Waals surface area contributed by atoms with E-state index < -0.39 is 0 Å². The van der Waals surface area contributed by atoms with Crippen LogP contribution in [-0.4, -0.2) is 37.7 Å². The number of aryl methyl sites for hydroxylation is 1. The maximum absolute atomic E-state index is 5.74. The van der Waals surface area contributed by atoms with Gasteiger partial charge in [0.1, 0.15) is 10.8 Å². The molecule has 7 heteroatoms. The minimum Gasteiger partial charge on any atom is -0.496 e. The van der Waals surface area contributed by atoms with Crippen molar-refractivity contribution in [2.45, 2.75) is 33.4 Å². The molecule has 0 spiro atoms. The number of hydrogen-bond donors (Lipinski definition) is 2. The third kappa shape index (κ3) is 6.65. The molecular weight excluding hydrogens is 348 g/mol. The molecule has 1 heterocycles. The lowest BCUT2D eigenvalue weighted by Gasteiger charge is -2.12. The number of para-hydroxylation sites is 1. The largest absolute Gasteiger partial charge is 0.496 e. The molecule has 6 nitrogen and oxygen atoms in total. The number of hydrogen-bond acceptors (Lipinski definition) is 5. The average molecular weight is 377 g/mol. The first kappa shape index (κ1) is 20.2. The summed E-state index contributed by atoms with van der Waals surface area (Å²) < 4.78 is 11.1. The molecule has 26 heavy (non-hydrogen) atoms. The van der Waals surface area contributed by atoms with Gasteiger partial charge in [-0.1, -0.05) is 25.1 Å². The summed E-state index contributed by atoms with van der Waals surface area (Å²) in [6, 6.07) is 7.89. The highest BCUT2D eigenvalue weighted by Gasteiger charge is 2.03. The SMILES string of the molecule is CCNC(=NCc1ncc(CC)s1)NCCOCc1ccccc1OC. The first-order valence-electron chi connectivity index (χ1n) is 8.92. The minimum absolute atomic E-state index is 0.526. The molecule has 0 amide bonds. The Labute approximate surface area is 159 Å². The maximum atomic E-state index is 5.74. The van der Waals surface area contributed by atoms with Gasteiger partial charge in [-0.2, -0.15) is 0 Å². The Morgan fingerprint density at radius 1 is 1.23 bits per heavy atom. The Morgan fingerprint density at radius 3 is 2.81 bits per heavy atom. The molecule has 0 unspecified atom stereocenters. The summed E-state index contributed by atoms with van der Waals surface area (Å²) >= 11 is 1.72. The van der Waals surface area contributed by atoms with Crippen LogP contribution in [0.2, 0.25) is 0 Å². The standard InChI is InChI=1S/C19H28N4O2S/c1-4-16-12-22-18(26-16)13-23-19(20-5-2)21-10-11-25-14-15-8-6-7-9-17(15)24-3/h6-9,12H,4-5,10-11,13-14H2,1-3H3,(H2,20,21,23). The van der Waals surface area contributed by atoms with E-state index in [9.17, 15) is 0 Å². The summed E-state index contributed by atoms with van der Waals surface area (Å²) in [5.41, 5.74) is 1.05. The van der Waals surface area contributed by atoms with E-state index in [0.29, 0.717) is 26.3 Å². The zero-order valence-electron chi connectivity index (χ0n) is 15.7. The number of ether oxygens (including phenoxy) is 2. The first-order chi connectivity index (χ1) is 12.8. The summed E-state index contributed by atoms with van der Waals surface area (Å²) in [5, 5.41) is 7.56. The Kier molecular flexibility index (Phi) is 8.92. The molecular formula is C19H28N4O2S. The van der Waals surface area contributed by atoms with Crippen molar-refractivity contribution in [1.82, 2.24) is 15.6 Å². The van der Waals surface area contributed by atoms with Gasteiger partial charge < -0.3 is 20.1 Å². The van der Waals surface area contributed by atoms with Crippen molar-refractivity contribution in [2.75, 3.05) is 26.8 Å². The molecule has 0 saturated heterocycles. The predicted octanol–water partition coefficient (Wildman–Crippen LogP) is 2.99. The fourth-order valence-electron chi connectivity index (χ4n) is 2.32. The first-order valence-corrected chi connectivity index (χ1v) is 9.73. The van der Waals surface area contributed by atoms with Gasteiger partial charge in [0.2, 0.25) is 0 Å². The third-order valence-electron chi connectivity index (χ3n) is 3.66. The molecule has 0 bridgehead atoms. The van der Waals surface area contributed by atoms with Crippen LogP contribution in [0, 0.1) is 0 Å². The van der Waals surface area contributed by atoms with Gasteiger partial charge in [0.05, 0.1) is 26.9 Å². The van der Waals surface area contributed by atoms with Crippen molar-refractivity contribution < 1.29 is 9.47 Å². The fraction of sp³-hybridized carbons (Fsp3) is 0.474. The van der Waals surface area contributed by atoms with E-state index in [0.717, 1.165) is 35.2 Å². The lowest BCUT2D eigenvalue weighted by molar-refractivity contribution is 0.123. The van der Waals surface area contributed by atoms with Crippen molar-refractivity contribution in [3.63, 3.8) is 0 Å². The Balaban J connectivity index is 1.74. The number of aliphatic imine (C=N–C) groups is 1. The van der Waals surface area contributed by atoms with Gasteiger partial charge in [0, 0.05) is 29.7 Å². The van der Waals surface area contributed by atoms with E-state index in [2.05, 4.69) is 27.5 Å². The molecule has 0 fully saturated rings. The second-order valence-electron chi connectivity index (χ2n) is 5.56. The highest BCUT2D eigenvalue weighted by Crippen LogP contribution is 2.17. The van der Waals surface area contributed by atoms with E-state index >= 15 is 0 Å². The van der Waals surface area contributed by atoms with Crippen LogP contribution in [-0.2, 0) is 24.3 Å². The van der Waals surface area contributed by atoms with Crippen molar-refractivity contribution in [3.8, 4) is 5.75 Å². The predicted molar refractivity (Wildman–Crippen MR) is 107 cm³/mol. The molecule has 0 aliphatic heterocycles. The summed E-state index contributed by atoms with van der Waals surface area (Å²) in [6.07, 6.45) is 2.95. The second kappa shape index (κ2) is 11.5. The summed E-state index contributed by atoms with van der Waals surface area (Å²) in [6.45, 7) is 7.37. The van der Waals surface area contributed by atoms with Crippen LogP contribution in [0.4, 0.5) is 0 Å². The number of benzene rings is 1. The number of nitrogens with one attached hydrogen (secondary N) is 2. The van der Waals surface area contributed by atoms with Crippen LogP contribution < -0.4 is 15.4 Å². The monoisotopic (exact) mass is 376 g/mol. The Bertz CT molecular complexity index is 688. The molecule has 1 aromatic heterocycles. The van der Waals surface area contributed by atoms with E-state index in [1.807, 2.05) is 37.4 Å². The Hall–Kier alpha value is -2.12. The van der Waals surface area contributed by atoms with Crippen LogP contribution in [0.1, 0.15) is 29.3 Å². The molecule has 0 saturated carbocycles. The quantitative estimate of drug-likeness (QED) is 0.379. The van der Waals surface area contributed by atoms with Crippen molar-refractivity contribution in [2.24, 2.45) is 4.99 Å². The molecule has 0 aliphatic rings.